The standard InChI is InChI=1S/C5H11NO2.C5H10O/c1-6(5-7)3-4-8-2;1-4(2)5(3)6/h5H,3-4H2,1-2H3;4H,1-3H3. The van der Waals surface area contributed by atoms with Gasteiger partial charge in [0.2, 0.25) is 6.41 Å². The van der Waals surface area contributed by atoms with Crippen LogP contribution in [0.1, 0.15) is 20.8 Å². The Kier molecular flexibility index (Phi) is 11.3. The van der Waals surface area contributed by atoms with Gasteiger partial charge in [-0.15, -0.1) is 0 Å². The summed E-state index contributed by atoms with van der Waals surface area (Å²) in [7, 11) is 3.32. The molecule has 0 aromatic carbocycles. The minimum atomic E-state index is 0.213. The van der Waals surface area contributed by atoms with Crippen LogP contribution in [0.15, 0.2) is 0 Å². The van der Waals surface area contributed by atoms with Crippen molar-refractivity contribution in [2.45, 2.75) is 20.8 Å². The molecular formula is C10H21NO3. The maximum atomic E-state index is 10.1. The molecule has 0 N–H and O–H groups in total. The van der Waals surface area contributed by atoms with Gasteiger partial charge < -0.3 is 9.64 Å². The highest BCUT2D eigenvalue weighted by Crippen LogP contribution is 1.89. The Morgan fingerprint density at radius 1 is 1.50 bits per heavy atom. The molecule has 0 bridgehead atoms. The van der Waals surface area contributed by atoms with Crippen LogP contribution >= 0.6 is 0 Å². The van der Waals surface area contributed by atoms with Gasteiger partial charge in [-0.3, -0.25) is 9.59 Å². The lowest BCUT2D eigenvalue weighted by atomic mass is 10.1. The highest BCUT2D eigenvalue weighted by molar-refractivity contribution is 5.77. The molecule has 14 heavy (non-hydrogen) atoms. The number of nitrogens with zero attached hydrogens (tertiary/aromatic N) is 1. The van der Waals surface area contributed by atoms with Crippen molar-refractivity contribution in [3.63, 3.8) is 0 Å². The van der Waals surface area contributed by atoms with Crippen molar-refractivity contribution in [1.29, 1.82) is 0 Å². The van der Waals surface area contributed by atoms with Gasteiger partial charge in [-0.2, -0.15) is 0 Å². The van der Waals surface area contributed by atoms with Crippen molar-refractivity contribution in [2.75, 3.05) is 27.3 Å². The number of hydrogen-bond donors (Lipinski definition) is 0. The summed E-state index contributed by atoms with van der Waals surface area (Å²) < 4.78 is 4.71. The number of carbonyl (C=O) groups is 2. The highest BCUT2D eigenvalue weighted by Gasteiger charge is 1.95. The zero-order chi connectivity index (χ0) is 11.6. The molecule has 4 heteroatoms. The van der Waals surface area contributed by atoms with Crippen LogP contribution in [0, 0.1) is 5.92 Å². The van der Waals surface area contributed by atoms with E-state index in [1.54, 1.807) is 21.1 Å². The lowest BCUT2D eigenvalue weighted by Gasteiger charge is -2.07. The van der Waals surface area contributed by atoms with Crippen molar-refractivity contribution >= 4 is 12.2 Å². The second-order valence-corrected chi connectivity index (χ2v) is 3.34. The molecule has 0 fully saturated rings. The van der Waals surface area contributed by atoms with Gasteiger partial charge in [0.15, 0.2) is 0 Å². The van der Waals surface area contributed by atoms with E-state index in [1.165, 1.54) is 4.90 Å². The predicted octanol–water partition coefficient (Wildman–Crippen LogP) is 0.952. The van der Waals surface area contributed by atoms with E-state index in [1.807, 2.05) is 13.8 Å². The number of ketones is 1. The number of rotatable bonds is 5. The second-order valence-electron chi connectivity index (χ2n) is 3.34. The summed E-state index contributed by atoms with van der Waals surface area (Å²) in [5, 5.41) is 0. The molecule has 84 valence electrons. The van der Waals surface area contributed by atoms with E-state index >= 15 is 0 Å². The number of ether oxygens (including phenoxy) is 1. The van der Waals surface area contributed by atoms with Gasteiger partial charge in [0.1, 0.15) is 5.78 Å². The molecule has 0 aromatic heterocycles. The van der Waals surface area contributed by atoms with Gasteiger partial charge in [-0.25, -0.2) is 0 Å². The van der Waals surface area contributed by atoms with Gasteiger partial charge in [0.05, 0.1) is 6.61 Å². The first-order valence-electron chi connectivity index (χ1n) is 4.60. The third-order valence-corrected chi connectivity index (χ3v) is 1.64. The quantitative estimate of drug-likeness (QED) is 0.625. The summed E-state index contributed by atoms with van der Waals surface area (Å²) in [6.45, 7) is 6.66. The molecule has 0 rings (SSSR count). The van der Waals surface area contributed by atoms with Crippen molar-refractivity contribution in [2.24, 2.45) is 5.92 Å². The van der Waals surface area contributed by atoms with Crippen LogP contribution in [-0.4, -0.2) is 44.4 Å². The first-order valence-corrected chi connectivity index (χ1v) is 4.60. The Morgan fingerprint density at radius 3 is 2.14 bits per heavy atom. The molecular weight excluding hydrogens is 182 g/mol. The van der Waals surface area contributed by atoms with Crippen LogP contribution in [0.4, 0.5) is 0 Å². The summed E-state index contributed by atoms with van der Waals surface area (Å²) in [6.07, 6.45) is 0.777. The van der Waals surface area contributed by atoms with Crippen molar-refractivity contribution in [3.8, 4) is 0 Å². The SMILES string of the molecule is CC(=O)C(C)C.COCCN(C)C=O. The molecule has 0 unspecified atom stereocenters. The van der Waals surface area contributed by atoms with Crippen LogP contribution < -0.4 is 0 Å². The van der Waals surface area contributed by atoms with Crippen molar-refractivity contribution in [3.05, 3.63) is 0 Å². The summed E-state index contributed by atoms with van der Waals surface area (Å²) in [5.41, 5.74) is 0. The lowest BCUT2D eigenvalue weighted by molar-refractivity contribution is -0.119. The lowest BCUT2D eigenvalue weighted by Crippen LogP contribution is -2.20. The largest absolute Gasteiger partial charge is 0.383 e. The van der Waals surface area contributed by atoms with E-state index in [9.17, 15) is 9.59 Å². The molecule has 0 aliphatic rings. The second kappa shape index (κ2) is 10.2. The monoisotopic (exact) mass is 203 g/mol. The number of methoxy groups -OCH3 is 1. The maximum absolute atomic E-state index is 10.1. The molecule has 0 saturated heterocycles. The van der Waals surface area contributed by atoms with Crippen LogP contribution in [-0.2, 0) is 14.3 Å². The van der Waals surface area contributed by atoms with Crippen molar-refractivity contribution in [1.82, 2.24) is 4.90 Å². The number of Topliss-reactive ketones (excluding diaryl/α,β-unsaturated/α-hetero) is 1. The first kappa shape index (κ1) is 15.6. The van der Waals surface area contributed by atoms with E-state index in [0.29, 0.717) is 13.2 Å². The average Bonchev–Trinajstić information content (AvgIpc) is 2.14. The van der Waals surface area contributed by atoms with E-state index < -0.39 is 0 Å². The molecule has 0 atom stereocenters. The Morgan fingerprint density at radius 2 is 1.93 bits per heavy atom. The number of amides is 1. The molecule has 0 aliphatic carbocycles. The van der Waals surface area contributed by atoms with Gasteiger partial charge in [0, 0.05) is 26.6 Å². The molecule has 0 radical (unpaired) electrons. The third-order valence-electron chi connectivity index (χ3n) is 1.64. The first-order chi connectivity index (χ1) is 6.45. The Balaban J connectivity index is 0. The Bertz CT molecular complexity index is 157. The summed E-state index contributed by atoms with van der Waals surface area (Å²) in [6, 6.07) is 0. The van der Waals surface area contributed by atoms with Crippen LogP contribution in [0.25, 0.3) is 0 Å². The van der Waals surface area contributed by atoms with Gasteiger partial charge in [0.25, 0.3) is 0 Å². The van der Waals surface area contributed by atoms with Gasteiger partial charge >= 0.3 is 0 Å². The molecule has 0 spiro atoms. The smallest absolute Gasteiger partial charge is 0.209 e. The molecule has 0 heterocycles. The Labute approximate surface area is 86.2 Å². The van der Waals surface area contributed by atoms with Crippen LogP contribution in [0.2, 0.25) is 0 Å². The summed E-state index contributed by atoms with van der Waals surface area (Å²) in [4.78, 5) is 21.6. The van der Waals surface area contributed by atoms with Gasteiger partial charge in [-0.1, -0.05) is 13.8 Å². The third kappa shape index (κ3) is 13.7. The zero-order valence-corrected chi connectivity index (χ0v) is 9.74. The zero-order valence-electron chi connectivity index (χ0n) is 9.74. The van der Waals surface area contributed by atoms with Crippen LogP contribution in [0.5, 0.6) is 0 Å². The highest BCUT2D eigenvalue weighted by atomic mass is 16.5. The van der Waals surface area contributed by atoms with E-state index in [4.69, 9.17) is 4.74 Å². The summed E-state index contributed by atoms with van der Waals surface area (Å²) in [5.74, 6) is 0.472. The fourth-order valence-electron chi connectivity index (χ4n) is 0.288. The average molecular weight is 203 g/mol. The van der Waals surface area contributed by atoms with E-state index in [-0.39, 0.29) is 11.7 Å². The van der Waals surface area contributed by atoms with E-state index in [2.05, 4.69) is 0 Å². The maximum Gasteiger partial charge on any atom is 0.209 e. The van der Waals surface area contributed by atoms with Gasteiger partial charge in [-0.05, 0) is 6.92 Å². The summed E-state index contributed by atoms with van der Waals surface area (Å²) >= 11 is 0. The number of likely N-dealkylation sites (N-methyl/N-ethyl adjacent to an activating group) is 1. The molecule has 0 saturated carbocycles. The topological polar surface area (TPSA) is 46.6 Å². The predicted molar refractivity (Wildman–Crippen MR) is 56.1 cm³/mol. The minimum absolute atomic E-state index is 0.213. The molecule has 1 amide bonds. The number of hydrogen-bond acceptors (Lipinski definition) is 3. The molecule has 0 aromatic rings. The van der Waals surface area contributed by atoms with Crippen molar-refractivity contribution < 1.29 is 14.3 Å². The Hall–Kier alpha value is -0.900. The molecule has 0 aliphatic heterocycles. The minimum Gasteiger partial charge on any atom is -0.383 e. The fourth-order valence-corrected chi connectivity index (χ4v) is 0.288. The fraction of sp³-hybridized carbons (Fsp3) is 0.800. The number of carbonyl (C=O) groups excluding carboxylic acids is 2. The molecule has 4 nitrogen and oxygen atoms in total. The van der Waals surface area contributed by atoms with E-state index in [0.717, 1.165) is 6.41 Å². The normalized spacial score (nSPS) is 9.00. The van der Waals surface area contributed by atoms with Crippen LogP contribution in [0.3, 0.4) is 0 Å².